The Balaban J connectivity index is 3.10. The zero-order valence-electron chi connectivity index (χ0n) is 9.87. The van der Waals surface area contributed by atoms with E-state index in [4.69, 9.17) is 10.8 Å². The summed E-state index contributed by atoms with van der Waals surface area (Å²) in [6.45, 7) is 6.07. The van der Waals surface area contributed by atoms with Crippen molar-refractivity contribution in [3.63, 3.8) is 0 Å². The van der Waals surface area contributed by atoms with Crippen LogP contribution in [0, 0.1) is 0 Å². The molecule has 0 bridgehead atoms. The van der Waals surface area contributed by atoms with Gasteiger partial charge >= 0.3 is 5.97 Å². The van der Waals surface area contributed by atoms with E-state index in [2.05, 4.69) is 5.32 Å². The molecule has 4 N–H and O–H groups in total. The Hall–Kier alpha value is -1.71. The summed E-state index contributed by atoms with van der Waals surface area (Å²) in [4.78, 5) is 11.0. The van der Waals surface area contributed by atoms with E-state index in [1.165, 1.54) is 6.07 Å². The van der Waals surface area contributed by atoms with Crippen LogP contribution in [-0.4, -0.2) is 16.6 Å². The van der Waals surface area contributed by atoms with Crippen molar-refractivity contribution in [3.8, 4) is 0 Å². The molecule has 0 unspecified atom stereocenters. The number of hydrogen-bond donors (Lipinski definition) is 3. The van der Waals surface area contributed by atoms with Crippen LogP contribution in [0.15, 0.2) is 18.2 Å². The van der Waals surface area contributed by atoms with Crippen LogP contribution in [0.4, 0.5) is 11.4 Å². The fourth-order valence-electron chi connectivity index (χ4n) is 1.30. The number of carboxylic acid groups (broad SMARTS) is 1. The van der Waals surface area contributed by atoms with E-state index in [1.54, 1.807) is 12.1 Å². The van der Waals surface area contributed by atoms with Crippen molar-refractivity contribution in [1.29, 1.82) is 0 Å². The van der Waals surface area contributed by atoms with Gasteiger partial charge in [-0.25, -0.2) is 4.79 Å². The number of hydrogen-bond acceptors (Lipinski definition) is 3. The molecule has 1 aromatic carbocycles. The van der Waals surface area contributed by atoms with Crippen LogP contribution in [-0.2, 0) is 0 Å². The van der Waals surface area contributed by atoms with Crippen molar-refractivity contribution in [2.24, 2.45) is 0 Å². The maximum Gasteiger partial charge on any atom is 0.337 e. The molecular weight excluding hydrogens is 204 g/mol. The second-order valence-electron chi connectivity index (χ2n) is 4.47. The van der Waals surface area contributed by atoms with Crippen LogP contribution in [0.3, 0.4) is 0 Å². The third-order valence-corrected chi connectivity index (χ3v) is 2.63. The van der Waals surface area contributed by atoms with Gasteiger partial charge < -0.3 is 16.2 Å². The van der Waals surface area contributed by atoms with E-state index in [0.717, 1.165) is 6.42 Å². The molecule has 1 rings (SSSR count). The van der Waals surface area contributed by atoms with Crippen molar-refractivity contribution in [2.45, 2.75) is 32.7 Å². The quantitative estimate of drug-likeness (QED) is 0.684. The van der Waals surface area contributed by atoms with Crippen LogP contribution < -0.4 is 11.1 Å². The summed E-state index contributed by atoms with van der Waals surface area (Å²) in [5, 5.41) is 12.2. The Morgan fingerprint density at radius 3 is 2.62 bits per heavy atom. The van der Waals surface area contributed by atoms with Crippen molar-refractivity contribution in [2.75, 3.05) is 11.1 Å². The molecular formula is C12H18N2O2. The Morgan fingerprint density at radius 2 is 2.12 bits per heavy atom. The highest BCUT2D eigenvalue weighted by Gasteiger charge is 2.18. The van der Waals surface area contributed by atoms with Crippen molar-refractivity contribution in [3.05, 3.63) is 23.8 Å². The largest absolute Gasteiger partial charge is 0.478 e. The predicted molar refractivity (Wildman–Crippen MR) is 65.8 cm³/mol. The average Bonchev–Trinajstić information content (AvgIpc) is 2.16. The maximum atomic E-state index is 11.0. The fourth-order valence-corrected chi connectivity index (χ4v) is 1.30. The second kappa shape index (κ2) is 4.43. The third-order valence-electron chi connectivity index (χ3n) is 2.63. The lowest BCUT2D eigenvalue weighted by Crippen LogP contribution is -2.30. The van der Waals surface area contributed by atoms with Gasteiger partial charge in [0.25, 0.3) is 0 Å². The first kappa shape index (κ1) is 12.4. The first-order valence-electron chi connectivity index (χ1n) is 5.27. The number of benzene rings is 1. The molecule has 16 heavy (non-hydrogen) atoms. The lowest BCUT2D eigenvalue weighted by Gasteiger charge is -2.27. The molecule has 4 heteroatoms. The first-order valence-corrected chi connectivity index (χ1v) is 5.27. The van der Waals surface area contributed by atoms with Gasteiger partial charge in [-0.3, -0.25) is 0 Å². The molecule has 0 radical (unpaired) electrons. The van der Waals surface area contributed by atoms with Crippen LogP contribution in [0.1, 0.15) is 37.6 Å². The molecule has 0 heterocycles. The van der Waals surface area contributed by atoms with E-state index in [0.29, 0.717) is 11.4 Å². The summed E-state index contributed by atoms with van der Waals surface area (Å²) in [7, 11) is 0. The van der Waals surface area contributed by atoms with E-state index in [9.17, 15) is 4.79 Å². The van der Waals surface area contributed by atoms with E-state index < -0.39 is 5.97 Å². The molecule has 0 saturated heterocycles. The topological polar surface area (TPSA) is 75.3 Å². The third kappa shape index (κ3) is 2.89. The van der Waals surface area contributed by atoms with Gasteiger partial charge in [0.1, 0.15) is 0 Å². The first-order chi connectivity index (χ1) is 7.35. The van der Waals surface area contributed by atoms with Crippen molar-refractivity contribution >= 4 is 17.3 Å². The summed E-state index contributed by atoms with van der Waals surface area (Å²) in [6, 6.07) is 4.76. The van der Waals surface area contributed by atoms with Gasteiger partial charge in [-0.1, -0.05) is 6.92 Å². The van der Waals surface area contributed by atoms with Gasteiger partial charge in [0.2, 0.25) is 0 Å². The zero-order chi connectivity index (χ0) is 12.3. The lowest BCUT2D eigenvalue weighted by molar-refractivity contribution is 0.0698. The molecule has 0 fully saturated rings. The molecule has 4 nitrogen and oxygen atoms in total. The Kier molecular flexibility index (Phi) is 3.42. The van der Waals surface area contributed by atoms with Gasteiger partial charge in [-0.05, 0) is 38.5 Å². The Labute approximate surface area is 95.5 Å². The molecule has 88 valence electrons. The van der Waals surface area contributed by atoms with Gasteiger partial charge in [0.05, 0.1) is 11.3 Å². The number of rotatable bonds is 4. The number of aromatic carboxylic acids is 1. The SMILES string of the molecule is CCC(C)(C)Nc1cc(N)ccc1C(=O)O. The fraction of sp³-hybridized carbons (Fsp3) is 0.417. The molecule has 0 aliphatic carbocycles. The number of nitrogens with one attached hydrogen (secondary N) is 1. The highest BCUT2D eigenvalue weighted by molar-refractivity contribution is 5.95. The van der Waals surface area contributed by atoms with Crippen molar-refractivity contribution in [1.82, 2.24) is 0 Å². The normalized spacial score (nSPS) is 11.2. The average molecular weight is 222 g/mol. The zero-order valence-corrected chi connectivity index (χ0v) is 9.87. The number of nitrogens with two attached hydrogens (primary N) is 1. The molecule has 0 amide bonds. The summed E-state index contributed by atoms with van der Waals surface area (Å²) >= 11 is 0. The number of carboxylic acids is 1. The van der Waals surface area contributed by atoms with Gasteiger partial charge in [-0.15, -0.1) is 0 Å². The van der Waals surface area contributed by atoms with E-state index in [1.807, 2.05) is 20.8 Å². The van der Waals surface area contributed by atoms with E-state index >= 15 is 0 Å². The Morgan fingerprint density at radius 1 is 1.50 bits per heavy atom. The summed E-state index contributed by atoms with van der Waals surface area (Å²) in [6.07, 6.45) is 0.890. The molecule has 0 aliphatic heterocycles. The number of nitrogen functional groups attached to an aromatic ring is 1. The lowest BCUT2D eigenvalue weighted by atomic mass is 10.0. The predicted octanol–water partition coefficient (Wildman–Crippen LogP) is 2.57. The smallest absolute Gasteiger partial charge is 0.337 e. The highest BCUT2D eigenvalue weighted by Crippen LogP contribution is 2.24. The number of carbonyl (C=O) groups is 1. The monoisotopic (exact) mass is 222 g/mol. The van der Waals surface area contributed by atoms with Gasteiger partial charge in [0.15, 0.2) is 0 Å². The minimum atomic E-state index is -0.950. The summed E-state index contributed by atoms with van der Waals surface area (Å²) in [5.74, 6) is -0.950. The minimum absolute atomic E-state index is 0.155. The maximum absolute atomic E-state index is 11.0. The molecule has 0 aromatic heterocycles. The molecule has 1 aromatic rings. The molecule has 0 saturated carbocycles. The van der Waals surface area contributed by atoms with Crippen LogP contribution in [0.25, 0.3) is 0 Å². The Bertz CT molecular complexity index is 400. The van der Waals surface area contributed by atoms with E-state index in [-0.39, 0.29) is 11.1 Å². The summed E-state index contributed by atoms with van der Waals surface area (Å²) in [5.41, 5.74) is 6.87. The molecule has 0 aliphatic rings. The van der Waals surface area contributed by atoms with Crippen LogP contribution in [0.2, 0.25) is 0 Å². The molecule has 0 spiro atoms. The van der Waals surface area contributed by atoms with Gasteiger partial charge in [0, 0.05) is 11.2 Å². The van der Waals surface area contributed by atoms with Crippen molar-refractivity contribution < 1.29 is 9.90 Å². The van der Waals surface area contributed by atoms with Crippen LogP contribution >= 0.6 is 0 Å². The molecule has 0 atom stereocenters. The number of anilines is 2. The standard InChI is InChI=1S/C12H18N2O2/c1-4-12(2,3)14-10-7-8(13)5-6-9(10)11(15)16/h5-7,14H,4,13H2,1-3H3,(H,15,16). The second-order valence-corrected chi connectivity index (χ2v) is 4.47. The highest BCUT2D eigenvalue weighted by atomic mass is 16.4. The van der Waals surface area contributed by atoms with Gasteiger partial charge in [-0.2, -0.15) is 0 Å². The van der Waals surface area contributed by atoms with Crippen LogP contribution in [0.5, 0.6) is 0 Å². The minimum Gasteiger partial charge on any atom is -0.478 e. The summed E-state index contributed by atoms with van der Waals surface area (Å²) < 4.78 is 0.